The number of hydrogen-bond donors (Lipinski definition) is 0. The second kappa shape index (κ2) is 5.40. The van der Waals surface area contributed by atoms with Gasteiger partial charge in [0, 0.05) is 12.8 Å². The minimum atomic E-state index is 0.608. The highest BCUT2D eigenvalue weighted by molar-refractivity contribution is 5.15. The van der Waals surface area contributed by atoms with Gasteiger partial charge < -0.3 is 9.47 Å². The largest absolute Gasteiger partial charge is 0.489 e. The number of ether oxygens (including phenoxy) is 2. The van der Waals surface area contributed by atoms with Crippen LogP contribution in [0.5, 0.6) is 0 Å². The monoisotopic (exact) mass is 216 g/mol. The molecule has 0 aromatic heterocycles. The van der Waals surface area contributed by atoms with Crippen LogP contribution in [0.3, 0.4) is 0 Å². The third-order valence-corrected chi connectivity index (χ3v) is 2.50. The summed E-state index contributed by atoms with van der Waals surface area (Å²) in [6.07, 6.45) is 5.40. The van der Waals surface area contributed by atoms with Crippen molar-refractivity contribution in [1.82, 2.24) is 0 Å². The van der Waals surface area contributed by atoms with E-state index >= 15 is 0 Å². The van der Waals surface area contributed by atoms with Crippen molar-refractivity contribution in [2.75, 3.05) is 0 Å². The molecular weight excluding hydrogens is 200 g/mol. The highest BCUT2D eigenvalue weighted by Crippen LogP contribution is 2.21. The fraction of sp³-hybridized carbons (Fsp3) is 0.286. The first-order chi connectivity index (χ1) is 7.90. The molecule has 1 aromatic rings. The minimum Gasteiger partial charge on any atom is -0.489 e. The molecule has 16 heavy (non-hydrogen) atoms. The third kappa shape index (κ3) is 2.66. The molecule has 2 nitrogen and oxygen atoms in total. The number of allylic oxidation sites excluding steroid dienone is 2. The molecule has 1 aromatic carbocycles. The average molecular weight is 216 g/mol. The third-order valence-electron chi connectivity index (χ3n) is 2.50. The maximum Gasteiger partial charge on any atom is 0.141 e. The van der Waals surface area contributed by atoms with Crippen LogP contribution < -0.4 is 0 Å². The van der Waals surface area contributed by atoms with Gasteiger partial charge in [0.05, 0.1) is 6.26 Å². The van der Waals surface area contributed by atoms with E-state index in [1.165, 1.54) is 5.56 Å². The number of benzene rings is 1. The van der Waals surface area contributed by atoms with E-state index in [4.69, 9.17) is 9.47 Å². The average Bonchev–Trinajstić information content (AvgIpc) is 2.38. The lowest BCUT2D eigenvalue weighted by molar-refractivity contribution is 0.160. The van der Waals surface area contributed by atoms with Gasteiger partial charge in [0.2, 0.25) is 0 Å². The molecule has 0 aliphatic carbocycles. The van der Waals surface area contributed by atoms with Gasteiger partial charge in [-0.3, -0.25) is 0 Å². The van der Waals surface area contributed by atoms with Crippen LogP contribution in [0.2, 0.25) is 0 Å². The van der Waals surface area contributed by atoms with Gasteiger partial charge in [0.25, 0.3) is 0 Å². The van der Waals surface area contributed by atoms with Crippen molar-refractivity contribution in [3.05, 3.63) is 59.8 Å². The van der Waals surface area contributed by atoms with E-state index in [9.17, 15) is 0 Å². The standard InChI is InChI=1S/C14H16O2/c1-2-13-14(9-6-10-15-13)16-11-12-7-4-3-5-8-12/h3-8,10H,2,9,11H2,1H3. The molecule has 0 N–H and O–H groups in total. The van der Waals surface area contributed by atoms with Crippen molar-refractivity contribution in [2.24, 2.45) is 0 Å². The van der Waals surface area contributed by atoms with Gasteiger partial charge in [-0.2, -0.15) is 0 Å². The van der Waals surface area contributed by atoms with Gasteiger partial charge in [-0.15, -0.1) is 0 Å². The second-order valence-electron chi connectivity index (χ2n) is 3.67. The Morgan fingerprint density at radius 3 is 2.81 bits per heavy atom. The molecule has 2 heteroatoms. The first-order valence-corrected chi connectivity index (χ1v) is 5.60. The Hall–Kier alpha value is -1.70. The highest BCUT2D eigenvalue weighted by atomic mass is 16.5. The first-order valence-electron chi connectivity index (χ1n) is 5.60. The van der Waals surface area contributed by atoms with Crippen LogP contribution in [0, 0.1) is 0 Å². The van der Waals surface area contributed by atoms with Gasteiger partial charge in [-0.25, -0.2) is 0 Å². The van der Waals surface area contributed by atoms with E-state index in [-0.39, 0.29) is 0 Å². The van der Waals surface area contributed by atoms with Crippen LogP contribution in [0.1, 0.15) is 25.3 Å². The SMILES string of the molecule is CCC1=C(OCc2ccccc2)CC=CO1. The number of rotatable bonds is 4. The van der Waals surface area contributed by atoms with Crippen molar-refractivity contribution in [3.8, 4) is 0 Å². The van der Waals surface area contributed by atoms with Crippen molar-refractivity contribution in [2.45, 2.75) is 26.4 Å². The molecule has 2 rings (SSSR count). The molecule has 0 spiro atoms. The molecule has 0 atom stereocenters. The molecule has 1 heterocycles. The van der Waals surface area contributed by atoms with Crippen molar-refractivity contribution >= 4 is 0 Å². The maximum absolute atomic E-state index is 5.78. The maximum atomic E-state index is 5.78. The zero-order valence-electron chi connectivity index (χ0n) is 9.48. The van der Waals surface area contributed by atoms with Crippen molar-refractivity contribution < 1.29 is 9.47 Å². The van der Waals surface area contributed by atoms with Crippen LogP contribution >= 0.6 is 0 Å². The quantitative estimate of drug-likeness (QED) is 0.763. The lowest BCUT2D eigenvalue weighted by atomic mass is 10.2. The van der Waals surface area contributed by atoms with Gasteiger partial charge in [0.1, 0.15) is 18.1 Å². The molecule has 0 radical (unpaired) electrons. The van der Waals surface area contributed by atoms with E-state index in [2.05, 4.69) is 19.1 Å². The van der Waals surface area contributed by atoms with Crippen molar-refractivity contribution in [3.63, 3.8) is 0 Å². The van der Waals surface area contributed by atoms with Gasteiger partial charge in [0.15, 0.2) is 0 Å². The summed E-state index contributed by atoms with van der Waals surface area (Å²) in [4.78, 5) is 0. The summed E-state index contributed by atoms with van der Waals surface area (Å²) in [5.74, 6) is 1.90. The highest BCUT2D eigenvalue weighted by Gasteiger charge is 2.10. The predicted octanol–water partition coefficient (Wildman–Crippen LogP) is 3.76. The molecule has 0 saturated carbocycles. The van der Waals surface area contributed by atoms with E-state index in [1.54, 1.807) is 6.26 Å². The molecular formula is C14H16O2. The summed E-state index contributed by atoms with van der Waals surface area (Å²) in [6.45, 7) is 2.68. The first kappa shape index (κ1) is 10.8. The van der Waals surface area contributed by atoms with Gasteiger partial charge >= 0.3 is 0 Å². The van der Waals surface area contributed by atoms with Crippen molar-refractivity contribution in [1.29, 1.82) is 0 Å². The molecule has 1 aliphatic heterocycles. The minimum absolute atomic E-state index is 0.608. The van der Waals surface area contributed by atoms with E-state index in [0.29, 0.717) is 6.61 Å². The van der Waals surface area contributed by atoms with E-state index in [0.717, 1.165) is 24.4 Å². The lowest BCUT2D eigenvalue weighted by Crippen LogP contribution is -2.02. The Morgan fingerprint density at radius 1 is 1.25 bits per heavy atom. The zero-order valence-corrected chi connectivity index (χ0v) is 9.48. The van der Waals surface area contributed by atoms with Crippen LogP contribution in [-0.4, -0.2) is 0 Å². The Bertz CT molecular complexity index is 390. The van der Waals surface area contributed by atoms with E-state index < -0.39 is 0 Å². The number of hydrogen-bond acceptors (Lipinski definition) is 2. The Balaban J connectivity index is 1.97. The molecule has 0 fully saturated rings. The van der Waals surface area contributed by atoms with Crippen LogP contribution in [0.15, 0.2) is 54.2 Å². The summed E-state index contributed by atoms with van der Waals surface area (Å²) < 4.78 is 11.2. The van der Waals surface area contributed by atoms with Gasteiger partial charge in [-0.1, -0.05) is 37.3 Å². The van der Waals surface area contributed by atoms with Crippen LogP contribution in [0.4, 0.5) is 0 Å². The lowest BCUT2D eigenvalue weighted by Gasteiger charge is -2.16. The normalized spacial score (nSPS) is 14.8. The molecule has 84 valence electrons. The zero-order chi connectivity index (χ0) is 11.2. The van der Waals surface area contributed by atoms with Crippen LogP contribution in [0.25, 0.3) is 0 Å². The summed E-state index contributed by atoms with van der Waals surface area (Å²) >= 11 is 0. The predicted molar refractivity (Wildman–Crippen MR) is 63.4 cm³/mol. The topological polar surface area (TPSA) is 18.5 Å². The molecule has 0 bridgehead atoms. The fourth-order valence-corrected chi connectivity index (χ4v) is 1.63. The summed E-state index contributed by atoms with van der Waals surface area (Å²) in [5.41, 5.74) is 1.18. The smallest absolute Gasteiger partial charge is 0.141 e. The molecule has 1 aliphatic rings. The summed E-state index contributed by atoms with van der Waals surface area (Å²) in [5, 5.41) is 0. The molecule has 0 unspecified atom stereocenters. The van der Waals surface area contributed by atoms with E-state index in [1.807, 2.05) is 24.3 Å². The Morgan fingerprint density at radius 2 is 2.06 bits per heavy atom. The van der Waals surface area contributed by atoms with Crippen LogP contribution in [-0.2, 0) is 16.1 Å². The Labute approximate surface area is 96.2 Å². The fourth-order valence-electron chi connectivity index (χ4n) is 1.63. The molecule has 0 saturated heterocycles. The second-order valence-corrected chi connectivity index (χ2v) is 3.67. The Kier molecular flexibility index (Phi) is 3.65. The summed E-state index contributed by atoms with van der Waals surface area (Å²) in [7, 11) is 0. The molecule has 0 amide bonds. The summed E-state index contributed by atoms with van der Waals surface area (Å²) in [6, 6.07) is 10.2. The van der Waals surface area contributed by atoms with Gasteiger partial charge in [-0.05, 0) is 11.6 Å².